The highest BCUT2D eigenvalue weighted by Gasteiger charge is 2.20. The molecule has 31 heavy (non-hydrogen) atoms. The Labute approximate surface area is 185 Å². The SMILES string of the molecule is Cc1cccc(NS(=O)(=O)c2cc(C(=O)NCCCN3CCN(C)CC3)ccc2C)c1. The molecule has 1 aliphatic heterocycles. The summed E-state index contributed by atoms with van der Waals surface area (Å²) in [5.41, 5.74) is 2.39. The number of sulfonamides is 1. The molecule has 0 bridgehead atoms. The molecule has 2 aromatic carbocycles. The first-order valence-electron chi connectivity index (χ1n) is 10.6. The van der Waals surface area contributed by atoms with E-state index in [4.69, 9.17) is 0 Å². The predicted octanol–water partition coefficient (Wildman–Crippen LogP) is 2.47. The molecular formula is C23H32N4O3S. The summed E-state index contributed by atoms with van der Waals surface area (Å²) in [6.07, 6.45) is 0.862. The Bertz CT molecular complexity index is 1020. The molecule has 0 radical (unpaired) electrons. The topological polar surface area (TPSA) is 81.7 Å². The van der Waals surface area contributed by atoms with E-state index in [9.17, 15) is 13.2 Å². The van der Waals surface area contributed by atoms with Crippen molar-refractivity contribution in [2.75, 3.05) is 51.0 Å². The number of aryl methyl sites for hydroxylation is 2. The third-order valence-corrected chi connectivity index (χ3v) is 7.07. The molecular weight excluding hydrogens is 412 g/mol. The highest BCUT2D eigenvalue weighted by atomic mass is 32.2. The summed E-state index contributed by atoms with van der Waals surface area (Å²) < 4.78 is 28.4. The summed E-state index contributed by atoms with van der Waals surface area (Å²) in [5, 5.41) is 2.91. The maximum Gasteiger partial charge on any atom is 0.262 e. The van der Waals surface area contributed by atoms with Crippen LogP contribution in [0.4, 0.5) is 5.69 Å². The molecule has 1 aliphatic rings. The van der Waals surface area contributed by atoms with Crippen molar-refractivity contribution < 1.29 is 13.2 Å². The van der Waals surface area contributed by atoms with Crippen molar-refractivity contribution in [2.24, 2.45) is 0 Å². The molecule has 2 aromatic rings. The molecule has 0 unspecified atom stereocenters. The van der Waals surface area contributed by atoms with E-state index in [1.54, 1.807) is 37.3 Å². The maximum absolute atomic E-state index is 12.9. The van der Waals surface area contributed by atoms with Gasteiger partial charge in [-0.15, -0.1) is 0 Å². The van der Waals surface area contributed by atoms with Gasteiger partial charge in [0, 0.05) is 44.0 Å². The molecule has 168 valence electrons. The van der Waals surface area contributed by atoms with Gasteiger partial charge in [0.1, 0.15) is 0 Å². The lowest BCUT2D eigenvalue weighted by Crippen LogP contribution is -2.45. The van der Waals surface area contributed by atoms with Gasteiger partial charge in [-0.3, -0.25) is 9.52 Å². The number of benzene rings is 2. The van der Waals surface area contributed by atoms with E-state index >= 15 is 0 Å². The van der Waals surface area contributed by atoms with Crippen LogP contribution in [-0.2, 0) is 10.0 Å². The first-order chi connectivity index (χ1) is 14.7. The molecule has 3 rings (SSSR count). The second kappa shape index (κ2) is 10.3. The summed E-state index contributed by atoms with van der Waals surface area (Å²) in [5.74, 6) is -0.259. The van der Waals surface area contributed by atoms with Crippen LogP contribution in [0.2, 0.25) is 0 Å². The minimum atomic E-state index is -3.80. The Morgan fingerprint density at radius 3 is 2.48 bits per heavy atom. The molecule has 1 heterocycles. The lowest BCUT2D eigenvalue weighted by atomic mass is 10.1. The number of piperazine rings is 1. The lowest BCUT2D eigenvalue weighted by Gasteiger charge is -2.32. The fourth-order valence-electron chi connectivity index (χ4n) is 3.63. The van der Waals surface area contributed by atoms with Gasteiger partial charge in [0.2, 0.25) is 0 Å². The van der Waals surface area contributed by atoms with Gasteiger partial charge in [-0.25, -0.2) is 8.42 Å². The molecule has 0 saturated carbocycles. The van der Waals surface area contributed by atoms with E-state index in [-0.39, 0.29) is 10.8 Å². The minimum absolute atomic E-state index is 0.110. The lowest BCUT2D eigenvalue weighted by molar-refractivity contribution is 0.0949. The van der Waals surface area contributed by atoms with E-state index in [0.717, 1.165) is 44.7 Å². The number of hydrogen-bond donors (Lipinski definition) is 2. The fraction of sp³-hybridized carbons (Fsp3) is 0.435. The summed E-state index contributed by atoms with van der Waals surface area (Å²) in [7, 11) is -1.67. The van der Waals surface area contributed by atoms with Gasteiger partial charge < -0.3 is 15.1 Å². The molecule has 0 atom stereocenters. The van der Waals surface area contributed by atoms with Crippen LogP contribution >= 0.6 is 0 Å². The Balaban J connectivity index is 1.59. The van der Waals surface area contributed by atoms with E-state index < -0.39 is 10.0 Å². The fourth-order valence-corrected chi connectivity index (χ4v) is 4.95. The van der Waals surface area contributed by atoms with Gasteiger partial charge >= 0.3 is 0 Å². The number of nitrogens with zero attached hydrogens (tertiary/aromatic N) is 2. The number of likely N-dealkylation sites (N-methyl/N-ethyl adjacent to an activating group) is 1. The zero-order chi connectivity index (χ0) is 22.4. The van der Waals surface area contributed by atoms with Crippen LogP contribution in [0, 0.1) is 13.8 Å². The molecule has 0 aliphatic carbocycles. The Morgan fingerprint density at radius 1 is 1.03 bits per heavy atom. The second-order valence-corrected chi connectivity index (χ2v) is 9.86. The molecule has 1 fully saturated rings. The molecule has 1 saturated heterocycles. The normalized spacial score (nSPS) is 15.6. The van der Waals surface area contributed by atoms with Gasteiger partial charge in [-0.05, 0) is 69.3 Å². The number of amides is 1. The molecule has 8 heteroatoms. The number of hydrogen-bond acceptors (Lipinski definition) is 5. The third kappa shape index (κ3) is 6.53. The number of carbonyl (C=O) groups excluding carboxylic acids is 1. The van der Waals surface area contributed by atoms with Crippen LogP contribution in [0.5, 0.6) is 0 Å². The number of nitrogens with one attached hydrogen (secondary N) is 2. The predicted molar refractivity (Wildman–Crippen MR) is 124 cm³/mol. The van der Waals surface area contributed by atoms with Crippen molar-refractivity contribution in [2.45, 2.75) is 25.2 Å². The van der Waals surface area contributed by atoms with Crippen LogP contribution in [0.1, 0.15) is 27.9 Å². The second-order valence-electron chi connectivity index (χ2n) is 8.21. The van der Waals surface area contributed by atoms with Gasteiger partial charge in [0.05, 0.1) is 4.90 Å². The number of anilines is 1. The van der Waals surface area contributed by atoms with Crippen LogP contribution in [0.25, 0.3) is 0 Å². The quantitative estimate of drug-likeness (QED) is 0.612. The zero-order valence-corrected chi connectivity index (χ0v) is 19.3. The molecule has 0 spiro atoms. The van der Waals surface area contributed by atoms with E-state index in [1.807, 2.05) is 13.0 Å². The van der Waals surface area contributed by atoms with Gasteiger partial charge in [-0.2, -0.15) is 0 Å². The van der Waals surface area contributed by atoms with Crippen molar-refractivity contribution in [1.82, 2.24) is 15.1 Å². The number of rotatable bonds is 8. The summed E-state index contributed by atoms with van der Waals surface area (Å²) in [4.78, 5) is 17.4. The molecule has 0 aromatic heterocycles. The highest BCUT2D eigenvalue weighted by Crippen LogP contribution is 2.21. The van der Waals surface area contributed by atoms with Crippen LogP contribution in [0.15, 0.2) is 47.4 Å². The van der Waals surface area contributed by atoms with Gasteiger partial charge in [0.25, 0.3) is 15.9 Å². The summed E-state index contributed by atoms with van der Waals surface area (Å²) >= 11 is 0. The van der Waals surface area contributed by atoms with Gasteiger partial charge in [-0.1, -0.05) is 18.2 Å². The van der Waals surface area contributed by atoms with E-state index in [1.165, 1.54) is 6.07 Å². The van der Waals surface area contributed by atoms with Crippen molar-refractivity contribution >= 4 is 21.6 Å². The monoisotopic (exact) mass is 444 g/mol. The Kier molecular flexibility index (Phi) is 7.69. The summed E-state index contributed by atoms with van der Waals surface area (Å²) in [6, 6.07) is 12.0. The van der Waals surface area contributed by atoms with Crippen LogP contribution < -0.4 is 10.0 Å². The average molecular weight is 445 g/mol. The summed E-state index contributed by atoms with van der Waals surface area (Å²) in [6.45, 7) is 9.38. The Morgan fingerprint density at radius 2 is 1.77 bits per heavy atom. The average Bonchev–Trinajstić information content (AvgIpc) is 2.72. The molecule has 1 amide bonds. The largest absolute Gasteiger partial charge is 0.352 e. The standard InChI is InChI=1S/C23H32N4O3S/c1-18-6-4-7-21(16-18)25-31(29,30)22-17-20(9-8-19(22)2)23(28)24-10-5-11-27-14-12-26(3)13-15-27/h4,6-9,16-17,25H,5,10-15H2,1-3H3,(H,24,28). The zero-order valence-electron chi connectivity index (χ0n) is 18.5. The van der Waals surface area contributed by atoms with Crippen LogP contribution in [-0.4, -0.2) is 70.4 Å². The van der Waals surface area contributed by atoms with Crippen molar-refractivity contribution in [3.8, 4) is 0 Å². The first-order valence-corrected chi connectivity index (χ1v) is 12.1. The maximum atomic E-state index is 12.9. The number of carbonyl (C=O) groups is 1. The highest BCUT2D eigenvalue weighted by molar-refractivity contribution is 7.92. The smallest absolute Gasteiger partial charge is 0.262 e. The van der Waals surface area contributed by atoms with E-state index in [0.29, 0.717) is 23.4 Å². The Hall–Kier alpha value is -2.42. The third-order valence-electron chi connectivity index (χ3n) is 5.54. The van der Waals surface area contributed by atoms with Crippen molar-refractivity contribution in [3.63, 3.8) is 0 Å². The van der Waals surface area contributed by atoms with Crippen molar-refractivity contribution in [3.05, 3.63) is 59.2 Å². The molecule has 2 N–H and O–H groups in total. The molecule has 7 nitrogen and oxygen atoms in total. The van der Waals surface area contributed by atoms with Crippen molar-refractivity contribution in [1.29, 1.82) is 0 Å². The van der Waals surface area contributed by atoms with E-state index in [2.05, 4.69) is 26.9 Å². The minimum Gasteiger partial charge on any atom is -0.352 e. The first kappa shape index (κ1) is 23.2. The van der Waals surface area contributed by atoms with Gasteiger partial charge in [0.15, 0.2) is 0 Å². The van der Waals surface area contributed by atoms with Crippen LogP contribution in [0.3, 0.4) is 0 Å².